The van der Waals surface area contributed by atoms with E-state index < -0.39 is 6.04 Å². The highest BCUT2D eigenvalue weighted by Gasteiger charge is 2.47. The molecule has 0 aliphatic carbocycles. The van der Waals surface area contributed by atoms with Crippen molar-refractivity contribution in [2.24, 2.45) is 0 Å². The van der Waals surface area contributed by atoms with Gasteiger partial charge in [0, 0.05) is 36.5 Å². The molecule has 0 saturated carbocycles. The van der Waals surface area contributed by atoms with Crippen molar-refractivity contribution in [3.63, 3.8) is 0 Å². The van der Waals surface area contributed by atoms with Gasteiger partial charge < -0.3 is 10.2 Å². The summed E-state index contributed by atoms with van der Waals surface area (Å²) in [6.45, 7) is 2.02. The number of hydrogen-bond acceptors (Lipinski definition) is 3. The molecule has 2 N–H and O–H groups in total. The zero-order valence-electron chi connectivity index (χ0n) is 18.4. The number of nitrogens with one attached hydrogen (secondary N) is 2. The molecule has 3 aromatic rings. The molecule has 1 aliphatic rings. The predicted molar refractivity (Wildman–Crippen MR) is 126 cm³/mol. The summed E-state index contributed by atoms with van der Waals surface area (Å²) in [5.41, 5.74) is 7.55. The number of benzene rings is 3. The highest BCUT2D eigenvalue weighted by atomic mass is 16.2. The zero-order valence-corrected chi connectivity index (χ0v) is 18.4. The maximum atomic E-state index is 12.9. The Labute approximate surface area is 188 Å². The molecule has 1 fully saturated rings. The molecular formula is C26H27N4O2+. The number of anilines is 1. The highest BCUT2D eigenvalue weighted by Crippen LogP contribution is 2.26. The number of amides is 2. The van der Waals surface area contributed by atoms with Crippen molar-refractivity contribution in [1.82, 2.24) is 10.7 Å². The minimum absolute atomic E-state index is 0.249. The van der Waals surface area contributed by atoms with Gasteiger partial charge in [0.1, 0.15) is 0 Å². The number of hydrazone groups is 1. The Morgan fingerprint density at radius 3 is 2.25 bits per heavy atom. The van der Waals surface area contributed by atoms with Crippen LogP contribution in [0.5, 0.6) is 0 Å². The molecule has 2 atom stereocenters. The van der Waals surface area contributed by atoms with Gasteiger partial charge in [0.2, 0.25) is 12.3 Å². The van der Waals surface area contributed by atoms with Gasteiger partial charge in [0.25, 0.3) is 5.91 Å². The van der Waals surface area contributed by atoms with E-state index in [1.54, 1.807) is 28.9 Å². The highest BCUT2D eigenvalue weighted by molar-refractivity contribution is 5.98. The standard InChI is InChI=1S/C26H26N4O2/c1-18-9-13-20(14-10-18)24-23(27-25(31)21-7-5-4-6-8-21)26(32)28-30(24)17-19-11-15-22(16-12-19)29(2)3/h4-17,23-24H,1-3H3,(H-,27,28,31,32)/p+1/t23-,24-/m1/s1. The molecule has 1 heterocycles. The second-order valence-corrected chi connectivity index (χ2v) is 8.17. The number of nitrogens with zero attached hydrogens (tertiary/aromatic N) is 2. The molecule has 162 valence electrons. The van der Waals surface area contributed by atoms with Gasteiger partial charge in [0.05, 0.1) is 0 Å². The lowest BCUT2D eigenvalue weighted by atomic mass is 9.98. The topological polar surface area (TPSA) is 64.5 Å². The van der Waals surface area contributed by atoms with Crippen molar-refractivity contribution in [2.45, 2.75) is 19.0 Å². The molecule has 6 heteroatoms. The van der Waals surface area contributed by atoms with E-state index in [1.165, 1.54) is 0 Å². The van der Waals surface area contributed by atoms with Crippen molar-refractivity contribution >= 4 is 23.7 Å². The second-order valence-electron chi connectivity index (χ2n) is 8.17. The van der Waals surface area contributed by atoms with Gasteiger partial charge in [-0.05, 0) is 43.3 Å². The van der Waals surface area contributed by atoms with Gasteiger partial charge >= 0.3 is 5.91 Å². The lowest BCUT2D eigenvalue weighted by molar-refractivity contribution is -0.596. The average Bonchev–Trinajstić information content (AvgIpc) is 3.09. The lowest BCUT2D eigenvalue weighted by Gasteiger charge is -2.15. The van der Waals surface area contributed by atoms with Crippen LogP contribution in [0.25, 0.3) is 0 Å². The fourth-order valence-electron chi connectivity index (χ4n) is 3.78. The summed E-state index contributed by atoms with van der Waals surface area (Å²) in [5.74, 6) is -0.527. The fraction of sp³-hybridized carbons (Fsp3) is 0.192. The third kappa shape index (κ3) is 4.54. The van der Waals surface area contributed by atoms with Crippen LogP contribution in [0.1, 0.15) is 33.1 Å². The molecule has 2 amide bonds. The normalized spacial score (nSPS) is 19.0. The smallest absolute Gasteiger partial charge is 0.304 e. The van der Waals surface area contributed by atoms with Gasteiger partial charge in [-0.2, -0.15) is 0 Å². The van der Waals surface area contributed by atoms with Crippen LogP contribution in [-0.2, 0) is 4.79 Å². The molecular weight excluding hydrogens is 400 g/mol. The minimum Gasteiger partial charge on any atom is -0.378 e. The molecule has 1 aliphatic heterocycles. The Morgan fingerprint density at radius 1 is 0.969 bits per heavy atom. The quantitative estimate of drug-likeness (QED) is 0.615. The number of hydrogen-bond donors (Lipinski definition) is 2. The Morgan fingerprint density at radius 2 is 1.62 bits per heavy atom. The maximum absolute atomic E-state index is 12.9. The van der Waals surface area contributed by atoms with Gasteiger partial charge in [-0.25, -0.2) is 0 Å². The van der Waals surface area contributed by atoms with E-state index in [4.69, 9.17) is 0 Å². The number of rotatable bonds is 5. The van der Waals surface area contributed by atoms with E-state index in [0.717, 1.165) is 22.4 Å². The van der Waals surface area contributed by atoms with Crippen LogP contribution in [0.15, 0.2) is 78.9 Å². The van der Waals surface area contributed by atoms with E-state index in [9.17, 15) is 9.59 Å². The van der Waals surface area contributed by atoms with Crippen LogP contribution in [0, 0.1) is 6.92 Å². The number of hydrazine groups is 1. The van der Waals surface area contributed by atoms with E-state index >= 15 is 0 Å². The van der Waals surface area contributed by atoms with Crippen LogP contribution in [-0.4, -0.2) is 42.9 Å². The first-order valence-electron chi connectivity index (χ1n) is 10.6. The molecule has 6 nitrogen and oxygen atoms in total. The Balaban J connectivity index is 1.69. The van der Waals surface area contributed by atoms with Crippen LogP contribution < -0.4 is 15.6 Å². The summed E-state index contributed by atoms with van der Waals surface area (Å²) in [7, 11) is 3.99. The van der Waals surface area contributed by atoms with E-state index in [2.05, 4.69) is 10.7 Å². The molecule has 4 rings (SSSR count). The minimum atomic E-state index is -0.734. The molecule has 32 heavy (non-hydrogen) atoms. The van der Waals surface area contributed by atoms with Gasteiger partial charge in [-0.1, -0.05) is 48.0 Å². The van der Waals surface area contributed by atoms with Gasteiger partial charge in [0.15, 0.2) is 6.04 Å². The third-order valence-electron chi connectivity index (χ3n) is 5.58. The molecule has 0 spiro atoms. The number of aryl methyl sites for hydroxylation is 1. The van der Waals surface area contributed by atoms with Crippen molar-refractivity contribution in [3.8, 4) is 0 Å². The first-order valence-corrected chi connectivity index (χ1v) is 10.6. The van der Waals surface area contributed by atoms with Gasteiger partial charge in [-0.15, -0.1) is 10.1 Å². The Bertz CT molecular complexity index is 1140. The monoisotopic (exact) mass is 427 g/mol. The molecule has 0 radical (unpaired) electrons. The van der Waals surface area contributed by atoms with Crippen LogP contribution in [0.4, 0.5) is 5.69 Å². The molecule has 0 bridgehead atoms. The second kappa shape index (κ2) is 9.06. The first kappa shape index (κ1) is 21.3. The van der Waals surface area contributed by atoms with Gasteiger partial charge in [-0.3, -0.25) is 9.59 Å². The molecule has 3 aromatic carbocycles. The summed E-state index contributed by atoms with van der Waals surface area (Å²) < 4.78 is 1.79. The summed E-state index contributed by atoms with van der Waals surface area (Å²) >= 11 is 0. The van der Waals surface area contributed by atoms with Crippen molar-refractivity contribution in [1.29, 1.82) is 0 Å². The Hall–Kier alpha value is -3.93. The SMILES string of the molecule is Cc1ccc([C@@H]2[C@@H](NC(=O)c3ccccc3)C(=O)N/[N+]2=C\c2ccc(N(C)C)cc2)cc1. The molecule has 1 saturated heterocycles. The summed E-state index contributed by atoms with van der Waals surface area (Å²) in [4.78, 5) is 27.8. The summed E-state index contributed by atoms with van der Waals surface area (Å²) in [6, 6.07) is 23.9. The van der Waals surface area contributed by atoms with Crippen LogP contribution >= 0.6 is 0 Å². The lowest BCUT2D eigenvalue weighted by Crippen LogP contribution is -2.42. The van der Waals surface area contributed by atoms with Crippen molar-refractivity contribution in [3.05, 3.63) is 101 Å². The first-order chi connectivity index (χ1) is 15.4. The fourth-order valence-corrected chi connectivity index (χ4v) is 3.78. The summed E-state index contributed by atoms with van der Waals surface area (Å²) in [6.07, 6.45) is 1.90. The van der Waals surface area contributed by atoms with E-state index in [1.807, 2.05) is 86.7 Å². The average molecular weight is 428 g/mol. The largest absolute Gasteiger partial charge is 0.378 e. The van der Waals surface area contributed by atoms with E-state index in [0.29, 0.717) is 5.56 Å². The van der Waals surface area contributed by atoms with Crippen molar-refractivity contribution in [2.75, 3.05) is 19.0 Å². The molecule has 0 unspecified atom stereocenters. The number of carbonyl (C=O) groups excluding carboxylic acids is 2. The summed E-state index contributed by atoms with van der Waals surface area (Å²) in [5, 5.41) is 2.93. The Kier molecular flexibility index (Phi) is 6.03. The molecule has 0 aromatic heterocycles. The van der Waals surface area contributed by atoms with E-state index in [-0.39, 0.29) is 17.9 Å². The van der Waals surface area contributed by atoms with Crippen LogP contribution in [0.2, 0.25) is 0 Å². The third-order valence-corrected chi connectivity index (χ3v) is 5.58. The predicted octanol–water partition coefficient (Wildman–Crippen LogP) is 3.08. The number of carbonyl (C=O) groups is 2. The maximum Gasteiger partial charge on any atom is 0.304 e. The van der Waals surface area contributed by atoms with Crippen molar-refractivity contribution < 1.29 is 14.3 Å². The van der Waals surface area contributed by atoms with Crippen LogP contribution in [0.3, 0.4) is 0 Å². The zero-order chi connectivity index (χ0) is 22.7.